The van der Waals surface area contributed by atoms with E-state index < -0.39 is 5.97 Å². The molecular formula is C16H19FN2O2. The standard InChI is InChI=1S/C16H19FN2O2/c1-3-8-19-9-6-13(7-10-19)18-15-11-12(16(20)21-2)4-5-14(15)17/h1,4-5,11,13,18H,6-10H2,2H3. The van der Waals surface area contributed by atoms with Gasteiger partial charge in [0.05, 0.1) is 24.9 Å². The summed E-state index contributed by atoms with van der Waals surface area (Å²) in [6.45, 7) is 2.43. The summed E-state index contributed by atoms with van der Waals surface area (Å²) >= 11 is 0. The van der Waals surface area contributed by atoms with Gasteiger partial charge in [-0.2, -0.15) is 0 Å². The number of halogens is 1. The average molecular weight is 290 g/mol. The summed E-state index contributed by atoms with van der Waals surface area (Å²) in [5.41, 5.74) is 0.680. The van der Waals surface area contributed by atoms with Crippen molar-refractivity contribution in [1.29, 1.82) is 0 Å². The van der Waals surface area contributed by atoms with Crippen LogP contribution in [0.15, 0.2) is 18.2 Å². The molecule has 4 nitrogen and oxygen atoms in total. The van der Waals surface area contributed by atoms with Crippen LogP contribution < -0.4 is 5.32 Å². The van der Waals surface area contributed by atoms with Crippen LogP contribution in [0.25, 0.3) is 0 Å². The van der Waals surface area contributed by atoms with E-state index in [0.717, 1.165) is 25.9 Å². The molecule has 1 heterocycles. The molecule has 1 aromatic rings. The second-order valence-corrected chi connectivity index (χ2v) is 5.09. The zero-order valence-corrected chi connectivity index (χ0v) is 12.1. The van der Waals surface area contributed by atoms with E-state index in [0.29, 0.717) is 17.8 Å². The fourth-order valence-electron chi connectivity index (χ4n) is 2.47. The van der Waals surface area contributed by atoms with Crippen molar-refractivity contribution in [2.24, 2.45) is 0 Å². The summed E-state index contributed by atoms with van der Waals surface area (Å²) in [7, 11) is 1.31. The first-order valence-electron chi connectivity index (χ1n) is 6.94. The highest BCUT2D eigenvalue weighted by Gasteiger charge is 2.20. The van der Waals surface area contributed by atoms with Crippen molar-refractivity contribution in [3.63, 3.8) is 0 Å². The lowest BCUT2D eigenvalue weighted by molar-refractivity contribution is 0.0600. The molecule has 112 valence electrons. The number of anilines is 1. The normalized spacial score (nSPS) is 16.2. The number of terminal acetylenes is 1. The first-order chi connectivity index (χ1) is 10.1. The van der Waals surface area contributed by atoms with E-state index in [1.165, 1.54) is 25.3 Å². The van der Waals surface area contributed by atoms with E-state index in [1.54, 1.807) is 0 Å². The minimum absolute atomic E-state index is 0.182. The third kappa shape index (κ3) is 3.96. The van der Waals surface area contributed by atoms with Gasteiger partial charge >= 0.3 is 5.97 Å². The van der Waals surface area contributed by atoms with Gasteiger partial charge in [-0.25, -0.2) is 9.18 Å². The Morgan fingerprint density at radius 1 is 1.52 bits per heavy atom. The number of nitrogens with one attached hydrogen (secondary N) is 1. The van der Waals surface area contributed by atoms with E-state index in [2.05, 4.69) is 20.9 Å². The Bertz CT molecular complexity index is 546. The quantitative estimate of drug-likeness (QED) is 0.681. The molecule has 1 N–H and O–H groups in total. The number of hydrogen-bond donors (Lipinski definition) is 1. The van der Waals surface area contributed by atoms with E-state index in [1.807, 2.05) is 0 Å². The molecule has 1 aromatic carbocycles. The number of carbonyl (C=O) groups is 1. The van der Waals surface area contributed by atoms with Gasteiger partial charge in [-0.3, -0.25) is 4.90 Å². The van der Waals surface area contributed by atoms with Gasteiger partial charge in [0, 0.05) is 19.1 Å². The van der Waals surface area contributed by atoms with Gasteiger partial charge in [-0.1, -0.05) is 5.92 Å². The maximum absolute atomic E-state index is 13.8. The lowest BCUT2D eigenvalue weighted by Crippen LogP contribution is -2.39. The average Bonchev–Trinajstić information content (AvgIpc) is 2.51. The number of esters is 1. The van der Waals surface area contributed by atoms with Crippen LogP contribution >= 0.6 is 0 Å². The Morgan fingerprint density at radius 2 is 2.24 bits per heavy atom. The highest BCUT2D eigenvalue weighted by molar-refractivity contribution is 5.90. The van der Waals surface area contributed by atoms with Crippen molar-refractivity contribution >= 4 is 11.7 Å². The van der Waals surface area contributed by atoms with Crippen molar-refractivity contribution in [1.82, 2.24) is 4.90 Å². The molecule has 0 atom stereocenters. The van der Waals surface area contributed by atoms with E-state index in [4.69, 9.17) is 6.42 Å². The maximum Gasteiger partial charge on any atom is 0.337 e. The number of benzene rings is 1. The SMILES string of the molecule is C#CCN1CCC(Nc2cc(C(=O)OC)ccc2F)CC1. The monoisotopic (exact) mass is 290 g/mol. The van der Waals surface area contributed by atoms with Crippen molar-refractivity contribution in [3.05, 3.63) is 29.6 Å². The van der Waals surface area contributed by atoms with Crippen LogP contribution in [-0.2, 0) is 4.74 Å². The smallest absolute Gasteiger partial charge is 0.337 e. The van der Waals surface area contributed by atoms with Gasteiger partial charge in [0.25, 0.3) is 0 Å². The molecule has 0 bridgehead atoms. The summed E-state index contributed by atoms with van der Waals surface area (Å²) < 4.78 is 18.5. The summed E-state index contributed by atoms with van der Waals surface area (Å²) in [4.78, 5) is 13.7. The summed E-state index contributed by atoms with van der Waals surface area (Å²) in [5, 5.41) is 3.17. The number of ether oxygens (including phenoxy) is 1. The number of hydrogen-bond acceptors (Lipinski definition) is 4. The molecule has 2 rings (SSSR count). The molecule has 1 aliphatic rings. The Labute approximate surface area is 124 Å². The molecule has 1 saturated heterocycles. The molecule has 0 spiro atoms. The number of piperidine rings is 1. The maximum atomic E-state index is 13.8. The van der Waals surface area contributed by atoms with Gasteiger partial charge in [0.2, 0.25) is 0 Å². The zero-order valence-electron chi connectivity index (χ0n) is 12.1. The van der Waals surface area contributed by atoms with Crippen LogP contribution in [-0.4, -0.2) is 43.7 Å². The summed E-state index contributed by atoms with van der Waals surface area (Å²) in [6, 6.07) is 4.38. The van der Waals surface area contributed by atoms with Crippen molar-refractivity contribution in [2.75, 3.05) is 32.1 Å². The van der Waals surface area contributed by atoms with E-state index >= 15 is 0 Å². The predicted molar refractivity (Wildman–Crippen MR) is 79.7 cm³/mol. The molecular weight excluding hydrogens is 271 g/mol. The predicted octanol–water partition coefficient (Wildman–Crippen LogP) is 2.12. The lowest BCUT2D eigenvalue weighted by atomic mass is 10.0. The second kappa shape index (κ2) is 7.09. The van der Waals surface area contributed by atoms with Gasteiger partial charge < -0.3 is 10.1 Å². The summed E-state index contributed by atoms with van der Waals surface area (Å²) in [6.07, 6.45) is 7.08. The summed E-state index contributed by atoms with van der Waals surface area (Å²) in [5.74, 6) is 1.79. The lowest BCUT2D eigenvalue weighted by Gasteiger charge is -2.31. The van der Waals surface area contributed by atoms with Gasteiger partial charge in [0.1, 0.15) is 5.82 Å². The van der Waals surface area contributed by atoms with Gasteiger partial charge in [-0.15, -0.1) is 6.42 Å². The topological polar surface area (TPSA) is 41.6 Å². The molecule has 21 heavy (non-hydrogen) atoms. The number of likely N-dealkylation sites (tertiary alicyclic amines) is 1. The van der Waals surface area contributed by atoms with E-state index in [9.17, 15) is 9.18 Å². The van der Waals surface area contributed by atoms with Crippen LogP contribution in [0.2, 0.25) is 0 Å². The number of nitrogens with zero attached hydrogens (tertiary/aromatic N) is 1. The Morgan fingerprint density at radius 3 is 2.86 bits per heavy atom. The molecule has 0 aliphatic carbocycles. The molecule has 1 aliphatic heterocycles. The second-order valence-electron chi connectivity index (χ2n) is 5.09. The molecule has 0 amide bonds. The third-order valence-electron chi connectivity index (χ3n) is 3.65. The first kappa shape index (κ1) is 15.3. The third-order valence-corrected chi connectivity index (χ3v) is 3.65. The molecule has 0 aromatic heterocycles. The number of rotatable bonds is 4. The molecule has 1 fully saturated rings. The van der Waals surface area contributed by atoms with E-state index in [-0.39, 0.29) is 11.9 Å². The highest BCUT2D eigenvalue weighted by atomic mass is 19.1. The number of methoxy groups -OCH3 is 1. The minimum atomic E-state index is -0.470. The largest absolute Gasteiger partial charge is 0.465 e. The molecule has 0 saturated carbocycles. The van der Waals surface area contributed by atoms with Crippen LogP contribution in [0.4, 0.5) is 10.1 Å². The fraction of sp³-hybridized carbons (Fsp3) is 0.438. The highest BCUT2D eigenvalue weighted by Crippen LogP contribution is 2.21. The van der Waals surface area contributed by atoms with Crippen molar-refractivity contribution in [3.8, 4) is 12.3 Å². The number of carbonyl (C=O) groups excluding carboxylic acids is 1. The fourth-order valence-corrected chi connectivity index (χ4v) is 2.47. The Kier molecular flexibility index (Phi) is 5.18. The van der Waals surface area contributed by atoms with Crippen molar-refractivity contribution in [2.45, 2.75) is 18.9 Å². The first-order valence-corrected chi connectivity index (χ1v) is 6.94. The zero-order chi connectivity index (χ0) is 15.2. The Balaban J connectivity index is 2.00. The molecule has 0 radical (unpaired) electrons. The van der Waals surface area contributed by atoms with Crippen LogP contribution in [0.1, 0.15) is 23.2 Å². The van der Waals surface area contributed by atoms with Crippen LogP contribution in [0.5, 0.6) is 0 Å². The van der Waals surface area contributed by atoms with Crippen LogP contribution in [0, 0.1) is 18.2 Å². The molecule has 0 unspecified atom stereocenters. The minimum Gasteiger partial charge on any atom is -0.465 e. The van der Waals surface area contributed by atoms with Gasteiger partial charge in [0.15, 0.2) is 0 Å². The van der Waals surface area contributed by atoms with Crippen molar-refractivity contribution < 1.29 is 13.9 Å². The Hall–Kier alpha value is -2.06. The van der Waals surface area contributed by atoms with Gasteiger partial charge in [-0.05, 0) is 31.0 Å². The molecule has 5 heteroatoms. The van der Waals surface area contributed by atoms with Crippen LogP contribution in [0.3, 0.4) is 0 Å².